The van der Waals surface area contributed by atoms with Crippen molar-refractivity contribution < 1.29 is 4.79 Å². The van der Waals surface area contributed by atoms with E-state index in [1.807, 2.05) is 5.38 Å². The average molecular weight is 241 g/mol. The number of hydrogen-bond acceptors (Lipinski definition) is 4. The molecule has 0 aromatic carbocycles. The third-order valence-corrected chi connectivity index (χ3v) is 4.66. The maximum Gasteiger partial charge on any atom is 0.125 e. The summed E-state index contributed by atoms with van der Waals surface area (Å²) in [6, 6.07) is 0. The maximum absolute atomic E-state index is 10.3. The first-order valence-electron chi connectivity index (χ1n) is 5.33. The van der Waals surface area contributed by atoms with Crippen LogP contribution in [0.25, 0.3) is 0 Å². The molecule has 0 amide bonds. The van der Waals surface area contributed by atoms with Gasteiger partial charge >= 0.3 is 0 Å². The highest BCUT2D eigenvalue weighted by atomic mass is 32.2. The molecule has 82 valence electrons. The molecule has 2 rings (SSSR count). The number of carbonyl (C=O) groups is 1. The van der Waals surface area contributed by atoms with E-state index in [-0.39, 0.29) is 0 Å². The highest BCUT2D eigenvalue weighted by molar-refractivity contribution is 7.99. The fraction of sp³-hybridized carbons (Fsp3) is 0.636. The Hall–Kier alpha value is -0.350. The van der Waals surface area contributed by atoms with Crippen molar-refractivity contribution in [1.82, 2.24) is 4.98 Å². The van der Waals surface area contributed by atoms with E-state index in [0.717, 1.165) is 24.3 Å². The summed E-state index contributed by atoms with van der Waals surface area (Å²) in [6.07, 6.45) is 5.16. The molecule has 0 atom stereocenters. The van der Waals surface area contributed by atoms with Crippen molar-refractivity contribution in [2.75, 3.05) is 11.5 Å². The second-order valence-corrected chi connectivity index (χ2v) is 6.03. The van der Waals surface area contributed by atoms with Crippen molar-refractivity contribution >= 4 is 29.4 Å². The second kappa shape index (κ2) is 5.66. The molecule has 2 nitrogen and oxygen atoms in total. The largest absolute Gasteiger partial charge is 0.303 e. The Morgan fingerprint density at radius 2 is 2.27 bits per heavy atom. The zero-order valence-corrected chi connectivity index (χ0v) is 10.3. The first-order chi connectivity index (χ1) is 7.38. The van der Waals surface area contributed by atoms with Gasteiger partial charge in [-0.1, -0.05) is 0 Å². The SMILES string of the molecule is O=CCc1csc(CC2CCSCC2)n1. The van der Waals surface area contributed by atoms with E-state index < -0.39 is 0 Å². The Kier molecular flexibility index (Phi) is 4.20. The molecule has 1 saturated heterocycles. The van der Waals surface area contributed by atoms with Crippen molar-refractivity contribution in [2.45, 2.75) is 25.7 Å². The van der Waals surface area contributed by atoms with Crippen molar-refractivity contribution in [3.63, 3.8) is 0 Å². The van der Waals surface area contributed by atoms with Gasteiger partial charge in [0.15, 0.2) is 0 Å². The standard InChI is InChI=1S/C11H15NOS2/c13-4-1-10-8-15-11(12-10)7-9-2-5-14-6-3-9/h4,8-9H,1-3,5-7H2. The van der Waals surface area contributed by atoms with Crippen molar-refractivity contribution in [3.8, 4) is 0 Å². The molecular weight excluding hydrogens is 226 g/mol. The summed E-state index contributed by atoms with van der Waals surface area (Å²) < 4.78 is 0. The molecule has 0 bridgehead atoms. The topological polar surface area (TPSA) is 30.0 Å². The lowest BCUT2D eigenvalue weighted by Crippen LogP contribution is -2.12. The van der Waals surface area contributed by atoms with Gasteiger partial charge in [-0.15, -0.1) is 11.3 Å². The lowest BCUT2D eigenvalue weighted by Gasteiger charge is -2.19. The van der Waals surface area contributed by atoms with Crippen LogP contribution < -0.4 is 0 Å². The monoisotopic (exact) mass is 241 g/mol. The summed E-state index contributed by atoms with van der Waals surface area (Å²) in [7, 11) is 0. The van der Waals surface area contributed by atoms with Gasteiger partial charge in [-0.05, 0) is 30.3 Å². The molecule has 15 heavy (non-hydrogen) atoms. The van der Waals surface area contributed by atoms with Crippen molar-refractivity contribution in [3.05, 3.63) is 16.1 Å². The van der Waals surface area contributed by atoms with Gasteiger partial charge in [0, 0.05) is 18.2 Å². The smallest absolute Gasteiger partial charge is 0.125 e. The van der Waals surface area contributed by atoms with Crippen LogP contribution in [0.1, 0.15) is 23.5 Å². The van der Waals surface area contributed by atoms with Gasteiger partial charge in [0.25, 0.3) is 0 Å². The van der Waals surface area contributed by atoms with Gasteiger partial charge in [0.05, 0.1) is 10.7 Å². The van der Waals surface area contributed by atoms with E-state index in [2.05, 4.69) is 16.7 Å². The van der Waals surface area contributed by atoms with Crippen LogP contribution in [0.3, 0.4) is 0 Å². The molecule has 0 radical (unpaired) electrons. The van der Waals surface area contributed by atoms with Gasteiger partial charge in [-0.2, -0.15) is 11.8 Å². The number of thiazole rings is 1. The van der Waals surface area contributed by atoms with Crippen LogP contribution in [0.5, 0.6) is 0 Å². The van der Waals surface area contributed by atoms with Gasteiger partial charge in [0.2, 0.25) is 0 Å². The number of aldehydes is 1. The van der Waals surface area contributed by atoms with Gasteiger partial charge in [0.1, 0.15) is 6.29 Å². The molecule has 1 aromatic rings. The minimum atomic E-state index is 0.469. The highest BCUT2D eigenvalue weighted by Gasteiger charge is 2.15. The van der Waals surface area contributed by atoms with Crippen LogP contribution in [0.2, 0.25) is 0 Å². The lowest BCUT2D eigenvalue weighted by molar-refractivity contribution is -0.107. The van der Waals surface area contributed by atoms with E-state index in [1.165, 1.54) is 29.4 Å². The first kappa shape index (κ1) is 11.1. The van der Waals surface area contributed by atoms with E-state index >= 15 is 0 Å². The van der Waals surface area contributed by atoms with E-state index in [4.69, 9.17) is 0 Å². The predicted octanol–water partition coefficient (Wildman–Crippen LogP) is 2.57. The Morgan fingerprint density at radius 3 is 3.00 bits per heavy atom. The number of rotatable bonds is 4. The van der Waals surface area contributed by atoms with Gasteiger partial charge < -0.3 is 4.79 Å². The zero-order chi connectivity index (χ0) is 10.5. The fourth-order valence-electron chi connectivity index (χ4n) is 1.82. The van der Waals surface area contributed by atoms with Crippen LogP contribution in [0.15, 0.2) is 5.38 Å². The third-order valence-electron chi connectivity index (χ3n) is 2.70. The molecule has 0 saturated carbocycles. The van der Waals surface area contributed by atoms with E-state index in [0.29, 0.717) is 6.42 Å². The minimum absolute atomic E-state index is 0.469. The van der Waals surface area contributed by atoms with Crippen LogP contribution >= 0.6 is 23.1 Å². The summed E-state index contributed by atoms with van der Waals surface area (Å²) in [5.74, 6) is 3.43. The zero-order valence-electron chi connectivity index (χ0n) is 8.65. The maximum atomic E-state index is 10.3. The van der Waals surface area contributed by atoms with Crippen molar-refractivity contribution in [2.24, 2.45) is 5.92 Å². The molecule has 1 aliphatic heterocycles. The molecule has 0 N–H and O–H groups in total. The molecule has 1 aliphatic rings. The molecule has 0 spiro atoms. The number of thioether (sulfide) groups is 1. The number of carbonyl (C=O) groups excluding carboxylic acids is 1. The third kappa shape index (κ3) is 3.31. The normalized spacial score (nSPS) is 17.9. The second-order valence-electron chi connectivity index (χ2n) is 3.86. The van der Waals surface area contributed by atoms with Crippen molar-refractivity contribution in [1.29, 1.82) is 0 Å². The van der Waals surface area contributed by atoms with E-state index in [9.17, 15) is 4.79 Å². The highest BCUT2D eigenvalue weighted by Crippen LogP contribution is 2.26. The molecule has 4 heteroatoms. The summed E-state index contributed by atoms with van der Waals surface area (Å²) in [5, 5.41) is 3.23. The lowest BCUT2D eigenvalue weighted by atomic mass is 9.99. The Labute approximate surface area is 98.5 Å². The Morgan fingerprint density at radius 1 is 1.47 bits per heavy atom. The van der Waals surface area contributed by atoms with Crippen LogP contribution in [0.4, 0.5) is 0 Å². The summed E-state index contributed by atoms with van der Waals surface area (Å²) in [6.45, 7) is 0. The molecule has 1 aromatic heterocycles. The van der Waals surface area contributed by atoms with Crippen LogP contribution in [-0.2, 0) is 17.6 Å². The molecule has 0 unspecified atom stereocenters. The minimum Gasteiger partial charge on any atom is -0.303 e. The predicted molar refractivity (Wildman–Crippen MR) is 65.6 cm³/mol. The molecule has 0 aliphatic carbocycles. The van der Waals surface area contributed by atoms with Crippen LogP contribution in [-0.4, -0.2) is 22.8 Å². The number of hydrogen-bond donors (Lipinski definition) is 0. The molecule has 2 heterocycles. The summed E-state index contributed by atoms with van der Waals surface area (Å²) in [5.41, 5.74) is 0.940. The molecular formula is C11H15NOS2. The summed E-state index contributed by atoms with van der Waals surface area (Å²) >= 11 is 3.77. The Bertz CT molecular complexity index is 318. The van der Waals surface area contributed by atoms with Crippen LogP contribution in [0, 0.1) is 5.92 Å². The average Bonchev–Trinajstić information content (AvgIpc) is 2.68. The van der Waals surface area contributed by atoms with Gasteiger partial charge in [-0.25, -0.2) is 4.98 Å². The summed E-state index contributed by atoms with van der Waals surface area (Å²) in [4.78, 5) is 14.8. The Balaban J connectivity index is 1.88. The number of aromatic nitrogens is 1. The first-order valence-corrected chi connectivity index (χ1v) is 7.36. The number of nitrogens with zero attached hydrogens (tertiary/aromatic N) is 1. The quantitative estimate of drug-likeness (QED) is 0.759. The van der Waals surface area contributed by atoms with E-state index in [1.54, 1.807) is 11.3 Å². The molecule has 1 fully saturated rings. The van der Waals surface area contributed by atoms with Gasteiger partial charge in [-0.3, -0.25) is 0 Å². The fourth-order valence-corrected chi connectivity index (χ4v) is 3.95.